The zero-order chi connectivity index (χ0) is 12.7. The van der Waals surface area contributed by atoms with Crippen LogP contribution in [0.2, 0.25) is 0 Å². The minimum absolute atomic E-state index is 0.673. The van der Waals surface area contributed by atoms with Crippen molar-refractivity contribution in [1.29, 1.82) is 0 Å². The van der Waals surface area contributed by atoms with Crippen LogP contribution in [0.25, 0.3) is 0 Å². The number of nitrogens with zero attached hydrogens (tertiary/aromatic N) is 2. The molecule has 0 radical (unpaired) electrons. The first-order valence-electron chi connectivity index (χ1n) is 6.32. The Morgan fingerprint density at radius 1 is 1.41 bits per heavy atom. The molecule has 0 aliphatic rings. The van der Waals surface area contributed by atoms with Gasteiger partial charge in [-0.3, -0.25) is 8.89 Å². The fourth-order valence-corrected chi connectivity index (χ4v) is 2.31. The molecule has 5 heteroatoms. The summed E-state index contributed by atoms with van der Waals surface area (Å²) in [4.78, 5) is 0. The fourth-order valence-electron chi connectivity index (χ4n) is 1.65. The van der Waals surface area contributed by atoms with Crippen LogP contribution in [0.15, 0.2) is 6.07 Å². The minimum atomic E-state index is -0.673. The van der Waals surface area contributed by atoms with Crippen LogP contribution in [0.4, 0.5) is 0 Å². The van der Waals surface area contributed by atoms with Gasteiger partial charge in [0.25, 0.3) is 0 Å². The molecule has 1 N–H and O–H groups in total. The second-order valence-electron chi connectivity index (χ2n) is 3.91. The molecule has 1 aromatic heterocycles. The summed E-state index contributed by atoms with van der Waals surface area (Å²) in [5.74, 6) is 1.48. The van der Waals surface area contributed by atoms with Crippen molar-refractivity contribution in [3.8, 4) is 0 Å². The molecule has 0 bridgehead atoms. The Bertz CT molecular complexity index is 363. The summed E-state index contributed by atoms with van der Waals surface area (Å²) < 4.78 is 13.3. The zero-order valence-electron chi connectivity index (χ0n) is 11.0. The average molecular weight is 257 g/mol. The molecule has 4 nitrogen and oxygen atoms in total. The standard InChI is InChI=1S/C12H23N3OS/c1-4-11-9-12(15(5-2)14-11)10-13-7-8-17(16)6-3/h9,13H,4-8,10H2,1-3H3. The molecule has 0 saturated carbocycles. The third-order valence-corrected chi connectivity index (χ3v) is 4.01. The van der Waals surface area contributed by atoms with E-state index in [-0.39, 0.29) is 0 Å². The van der Waals surface area contributed by atoms with Gasteiger partial charge in [-0.1, -0.05) is 13.8 Å². The Hall–Kier alpha value is -0.680. The Morgan fingerprint density at radius 2 is 2.18 bits per heavy atom. The summed E-state index contributed by atoms with van der Waals surface area (Å²) in [5.41, 5.74) is 2.35. The summed E-state index contributed by atoms with van der Waals surface area (Å²) in [6, 6.07) is 2.15. The molecule has 1 aromatic rings. The van der Waals surface area contributed by atoms with Crippen molar-refractivity contribution in [3.63, 3.8) is 0 Å². The molecule has 0 amide bonds. The highest BCUT2D eigenvalue weighted by molar-refractivity contribution is 7.84. The van der Waals surface area contributed by atoms with Gasteiger partial charge in [0.1, 0.15) is 0 Å². The van der Waals surface area contributed by atoms with Crippen LogP contribution in [-0.2, 0) is 30.3 Å². The molecule has 0 fully saturated rings. The van der Waals surface area contributed by atoms with Crippen molar-refractivity contribution in [1.82, 2.24) is 15.1 Å². The molecule has 0 aliphatic carbocycles. The quantitative estimate of drug-likeness (QED) is 0.715. The van der Waals surface area contributed by atoms with Gasteiger partial charge in [-0.15, -0.1) is 0 Å². The molecule has 17 heavy (non-hydrogen) atoms. The number of aromatic nitrogens is 2. The smallest absolute Gasteiger partial charge is 0.0625 e. The van der Waals surface area contributed by atoms with Gasteiger partial charge < -0.3 is 5.32 Å². The van der Waals surface area contributed by atoms with Gasteiger partial charge in [0.15, 0.2) is 0 Å². The van der Waals surface area contributed by atoms with E-state index in [0.717, 1.165) is 43.3 Å². The highest BCUT2D eigenvalue weighted by atomic mass is 32.2. The lowest BCUT2D eigenvalue weighted by molar-refractivity contribution is 0.585. The van der Waals surface area contributed by atoms with Crippen molar-refractivity contribution in [3.05, 3.63) is 17.5 Å². The maximum Gasteiger partial charge on any atom is 0.0625 e. The molecule has 1 rings (SSSR count). The molecular weight excluding hydrogens is 234 g/mol. The second kappa shape index (κ2) is 7.61. The molecule has 98 valence electrons. The number of hydrogen-bond acceptors (Lipinski definition) is 3. The zero-order valence-corrected chi connectivity index (χ0v) is 11.8. The lowest BCUT2D eigenvalue weighted by Gasteiger charge is -2.06. The molecule has 1 unspecified atom stereocenters. The minimum Gasteiger partial charge on any atom is -0.310 e. The van der Waals surface area contributed by atoms with Crippen LogP contribution < -0.4 is 5.32 Å². The Labute approximate surface area is 106 Å². The molecular formula is C12H23N3OS. The third-order valence-electron chi connectivity index (χ3n) is 2.71. The van der Waals surface area contributed by atoms with E-state index in [1.54, 1.807) is 0 Å². The maximum atomic E-state index is 11.3. The van der Waals surface area contributed by atoms with E-state index in [1.807, 2.05) is 11.6 Å². The predicted octanol–water partition coefficient (Wildman–Crippen LogP) is 1.32. The number of rotatable bonds is 8. The molecule has 0 aliphatic heterocycles. The van der Waals surface area contributed by atoms with Crippen LogP contribution in [-0.4, -0.2) is 32.0 Å². The average Bonchev–Trinajstić information content (AvgIpc) is 2.76. The van der Waals surface area contributed by atoms with Crippen LogP contribution in [0.3, 0.4) is 0 Å². The number of aryl methyl sites for hydroxylation is 2. The predicted molar refractivity (Wildman–Crippen MR) is 72.5 cm³/mol. The summed E-state index contributed by atoms with van der Waals surface area (Å²) in [7, 11) is -0.673. The summed E-state index contributed by atoms with van der Waals surface area (Å²) >= 11 is 0. The normalized spacial score (nSPS) is 12.9. The lowest BCUT2D eigenvalue weighted by Crippen LogP contribution is -2.22. The first kappa shape index (κ1) is 14.4. The highest BCUT2D eigenvalue weighted by Crippen LogP contribution is 2.05. The fraction of sp³-hybridized carbons (Fsp3) is 0.750. The van der Waals surface area contributed by atoms with Gasteiger partial charge in [0.05, 0.1) is 11.4 Å². The Morgan fingerprint density at radius 3 is 2.76 bits per heavy atom. The second-order valence-corrected chi connectivity index (χ2v) is 5.77. The van der Waals surface area contributed by atoms with E-state index in [9.17, 15) is 4.21 Å². The Kier molecular flexibility index (Phi) is 6.44. The molecule has 0 saturated heterocycles. The van der Waals surface area contributed by atoms with E-state index in [4.69, 9.17) is 0 Å². The summed E-state index contributed by atoms with van der Waals surface area (Å²) in [6.07, 6.45) is 0.972. The van der Waals surface area contributed by atoms with E-state index >= 15 is 0 Å². The van der Waals surface area contributed by atoms with Gasteiger partial charge in [-0.05, 0) is 19.4 Å². The third kappa shape index (κ3) is 4.60. The van der Waals surface area contributed by atoms with Gasteiger partial charge in [0.2, 0.25) is 0 Å². The van der Waals surface area contributed by atoms with Crippen LogP contribution in [0, 0.1) is 0 Å². The van der Waals surface area contributed by atoms with Crippen molar-refractivity contribution in [2.75, 3.05) is 18.1 Å². The molecule has 0 aromatic carbocycles. The van der Waals surface area contributed by atoms with Gasteiger partial charge in [-0.2, -0.15) is 5.10 Å². The van der Waals surface area contributed by atoms with E-state index in [1.165, 1.54) is 5.69 Å². The van der Waals surface area contributed by atoms with Crippen molar-refractivity contribution in [2.45, 2.75) is 40.3 Å². The number of nitrogens with one attached hydrogen (secondary N) is 1. The Balaban J connectivity index is 2.40. The monoisotopic (exact) mass is 257 g/mol. The highest BCUT2D eigenvalue weighted by Gasteiger charge is 2.05. The largest absolute Gasteiger partial charge is 0.310 e. The topological polar surface area (TPSA) is 46.9 Å². The first-order valence-corrected chi connectivity index (χ1v) is 7.81. The first-order chi connectivity index (χ1) is 8.21. The van der Waals surface area contributed by atoms with Crippen LogP contribution >= 0.6 is 0 Å². The maximum absolute atomic E-state index is 11.3. The van der Waals surface area contributed by atoms with Crippen molar-refractivity contribution >= 4 is 10.8 Å². The van der Waals surface area contributed by atoms with Gasteiger partial charge >= 0.3 is 0 Å². The summed E-state index contributed by atoms with van der Waals surface area (Å²) in [6.45, 7) is 8.68. The van der Waals surface area contributed by atoms with Crippen molar-refractivity contribution < 1.29 is 4.21 Å². The van der Waals surface area contributed by atoms with Gasteiger partial charge in [0, 0.05) is 41.9 Å². The molecule has 1 heterocycles. The van der Waals surface area contributed by atoms with Gasteiger partial charge in [-0.25, -0.2) is 0 Å². The van der Waals surface area contributed by atoms with E-state index < -0.39 is 10.8 Å². The van der Waals surface area contributed by atoms with Crippen LogP contribution in [0.1, 0.15) is 32.2 Å². The summed E-state index contributed by atoms with van der Waals surface area (Å²) in [5, 5.41) is 7.82. The SMILES string of the molecule is CCc1cc(CNCCS(=O)CC)n(CC)n1. The van der Waals surface area contributed by atoms with Crippen molar-refractivity contribution in [2.24, 2.45) is 0 Å². The number of hydrogen-bond donors (Lipinski definition) is 1. The lowest BCUT2D eigenvalue weighted by atomic mass is 10.3. The molecule has 1 atom stereocenters. The van der Waals surface area contributed by atoms with Crippen LogP contribution in [0.5, 0.6) is 0 Å². The van der Waals surface area contributed by atoms with E-state index in [0.29, 0.717) is 0 Å². The molecule has 0 spiro atoms. The van der Waals surface area contributed by atoms with E-state index in [2.05, 4.69) is 30.3 Å².